The molecule has 0 radical (unpaired) electrons. The Morgan fingerprint density at radius 1 is 1.00 bits per heavy atom. The third kappa shape index (κ3) is 9.48. The molecule has 3 saturated heterocycles. The zero-order valence-electron chi connectivity index (χ0n) is 32.4. The molecule has 16 atom stereocenters. The summed E-state index contributed by atoms with van der Waals surface area (Å²) in [6.45, 7) is 14.5. The van der Waals surface area contributed by atoms with Gasteiger partial charge in [0.25, 0.3) is 0 Å². The van der Waals surface area contributed by atoms with Crippen molar-refractivity contribution in [2.24, 2.45) is 22.9 Å². The molecular weight excluding hydrogens is 668 g/mol. The zero-order chi connectivity index (χ0) is 38.8. The number of carbonyl (C=O) groups excluding carboxylic acids is 2. The lowest BCUT2D eigenvalue weighted by molar-refractivity contribution is -0.317. The number of hydrogen-bond acceptors (Lipinski definition) is 15. The van der Waals surface area contributed by atoms with Crippen molar-refractivity contribution in [1.82, 2.24) is 4.90 Å². The Morgan fingerprint density at radius 2 is 1.63 bits per heavy atom. The molecule has 0 aromatic carbocycles. The second-order valence-corrected chi connectivity index (χ2v) is 15.8. The van der Waals surface area contributed by atoms with Crippen LogP contribution >= 0.6 is 0 Å². The average Bonchev–Trinajstić information content (AvgIpc) is 3.06. The van der Waals surface area contributed by atoms with Crippen LogP contribution in [-0.2, 0) is 38.0 Å². The average molecular weight is 733 g/mol. The van der Waals surface area contributed by atoms with Gasteiger partial charge in [-0.05, 0) is 88.2 Å². The number of likely N-dealkylation sites (N-methyl/N-ethyl adjacent to an activating group) is 1. The predicted molar refractivity (Wildman–Crippen MR) is 185 cm³/mol. The second kappa shape index (κ2) is 17.1. The van der Waals surface area contributed by atoms with E-state index in [9.17, 15) is 35.2 Å². The molecule has 3 aliphatic rings. The van der Waals surface area contributed by atoms with Crippen LogP contribution in [0.5, 0.6) is 0 Å². The third-order valence-corrected chi connectivity index (χ3v) is 11.5. The molecule has 51 heavy (non-hydrogen) atoms. The van der Waals surface area contributed by atoms with E-state index in [1.807, 2.05) is 25.9 Å². The first-order valence-electron chi connectivity index (χ1n) is 18.2. The van der Waals surface area contributed by atoms with Gasteiger partial charge in [-0.25, -0.2) is 0 Å². The number of rotatable bonds is 7. The lowest BCUT2D eigenvalue weighted by atomic mass is 9.77. The van der Waals surface area contributed by atoms with E-state index < -0.39 is 95.5 Å². The van der Waals surface area contributed by atoms with Gasteiger partial charge in [0.1, 0.15) is 18.3 Å². The molecule has 0 aliphatic carbocycles. The lowest BCUT2D eigenvalue weighted by Gasteiger charge is -2.48. The lowest BCUT2D eigenvalue weighted by Crippen LogP contribution is -2.60. The first-order chi connectivity index (χ1) is 23.6. The van der Waals surface area contributed by atoms with E-state index in [2.05, 4.69) is 5.16 Å². The van der Waals surface area contributed by atoms with E-state index in [4.69, 9.17) is 28.4 Å². The molecule has 0 aromatic heterocycles. The first kappa shape index (κ1) is 43.6. The van der Waals surface area contributed by atoms with Crippen LogP contribution in [0.3, 0.4) is 0 Å². The fourth-order valence-electron chi connectivity index (χ4n) is 7.88. The van der Waals surface area contributed by atoms with Crippen LogP contribution in [0.25, 0.3) is 0 Å². The molecule has 3 heterocycles. The fourth-order valence-corrected chi connectivity index (χ4v) is 7.88. The number of hydrogen-bond donors (Lipinski definition) is 5. The number of ether oxygens (including phenoxy) is 6. The summed E-state index contributed by atoms with van der Waals surface area (Å²) < 4.78 is 36.9. The SMILES string of the molecule is CC[C@H]1OC(=O)[C@H](C)[C@@H](OC2CC(C)(OC)C(O)C(C)O2)[C@H](C)[C@@H](OC2OC(C)CC(N(C)C)C2O)[C@](C)(O)CC/C(=N\O)[C@H](C)C(=O)[C@]1(C)O. The van der Waals surface area contributed by atoms with Crippen molar-refractivity contribution in [2.75, 3.05) is 21.2 Å². The standard InChI is InChI=1S/C36H64N2O13/c1-13-25-36(9,44)29(40)19(3)23(37-45)14-15-34(7,43)31(51-33-27(39)24(38(10)11)16-18(2)47-33)20(4)28(21(5)32(42)49-25)50-26-17-35(8,46-12)30(41)22(6)48-26/h18-22,24-28,30-31,33,39,41,43-45H,13-17H2,1-12H3/b37-23+/t18?,19-,20-,21+,22?,24?,25+,26?,27?,28-,30?,31+,33?,34+,35?,36+/m0/s1. The van der Waals surface area contributed by atoms with Crippen LogP contribution < -0.4 is 0 Å². The fraction of sp³-hybridized carbons (Fsp3) is 0.917. The minimum absolute atomic E-state index is 0.00334. The van der Waals surface area contributed by atoms with Gasteiger partial charge < -0.3 is 59.0 Å². The summed E-state index contributed by atoms with van der Waals surface area (Å²) in [5.41, 5.74) is -4.97. The van der Waals surface area contributed by atoms with E-state index in [0.717, 1.165) is 0 Å². The highest BCUT2D eigenvalue weighted by atomic mass is 16.7. The summed E-state index contributed by atoms with van der Waals surface area (Å²) in [6, 6.07) is -0.326. The highest BCUT2D eigenvalue weighted by molar-refractivity contribution is 6.08. The Bertz CT molecular complexity index is 1210. The number of aliphatic hydroxyl groups excluding tert-OH is 2. The van der Waals surface area contributed by atoms with Crippen LogP contribution in [-0.4, -0.2) is 147 Å². The Kier molecular flexibility index (Phi) is 14.6. The number of aliphatic hydroxyl groups is 4. The van der Waals surface area contributed by atoms with Crippen LogP contribution in [0.4, 0.5) is 0 Å². The summed E-state index contributed by atoms with van der Waals surface area (Å²) in [5.74, 6) is -4.54. The van der Waals surface area contributed by atoms with Crippen molar-refractivity contribution >= 4 is 17.5 Å². The highest BCUT2D eigenvalue weighted by Gasteiger charge is 2.52. The predicted octanol–water partition coefficient (Wildman–Crippen LogP) is 2.01. The van der Waals surface area contributed by atoms with E-state index in [1.165, 1.54) is 27.9 Å². The van der Waals surface area contributed by atoms with Crippen molar-refractivity contribution in [3.8, 4) is 0 Å². The number of ketones is 1. The summed E-state index contributed by atoms with van der Waals surface area (Å²) in [6.07, 6.45) is -8.29. The molecule has 0 amide bonds. The summed E-state index contributed by atoms with van der Waals surface area (Å²) in [4.78, 5) is 29.6. The second-order valence-electron chi connectivity index (χ2n) is 15.8. The molecule has 5 N–H and O–H groups in total. The third-order valence-electron chi connectivity index (χ3n) is 11.5. The zero-order valence-corrected chi connectivity index (χ0v) is 32.4. The van der Waals surface area contributed by atoms with Gasteiger partial charge in [0.05, 0.1) is 53.2 Å². The van der Waals surface area contributed by atoms with Gasteiger partial charge in [-0.1, -0.05) is 19.0 Å². The molecule has 0 spiro atoms. The molecule has 3 aliphatic heterocycles. The van der Waals surface area contributed by atoms with Gasteiger partial charge in [0, 0.05) is 25.5 Å². The van der Waals surface area contributed by atoms with Gasteiger partial charge in [0.2, 0.25) is 0 Å². The van der Waals surface area contributed by atoms with E-state index in [0.29, 0.717) is 6.42 Å². The minimum Gasteiger partial charge on any atom is -0.459 e. The maximum Gasteiger partial charge on any atom is 0.311 e. The molecule has 296 valence electrons. The minimum atomic E-state index is -2.15. The molecule has 15 heteroatoms. The van der Waals surface area contributed by atoms with Gasteiger partial charge in [0.15, 0.2) is 24.0 Å². The summed E-state index contributed by atoms with van der Waals surface area (Å²) in [7, 11) is 5.16. The monoisotopic (exact) mass is 732 g/mol. The Labute approximate surface area is 302 Å². The number of Topliss-reactive ketones (excluding diaryl/α,β-unsaturated/α-hetero) is 1. The van der Waals surface area contributed by atoms with Gasteiger partial charge in [-0.3, -0.25) is 9.59 Å². The van der Waals surface area contributed by atoms with Gasteiger partial charge in [-0.15, -0.1) is 0 Å². The van der Waals surface area contributed by atoms with Crippen molar-refractivity contribution in [1.29, 1.82) is 0 Å². The van der Waals surface area contributed by atoms with Gasteiger partial charge >= 0.3 is 5.97 Å². The number of nitrogens with zero attached hydrogens (tertiary/aromatic N) is 2. The summed E-state index contributed by atoms with van der Waals surface area (Å²) in [5, 5.41) is 59.5. The normalized spacial score (nSPS) is 47.6. The van der Waals surface area contributed by atoms with Crippen molar-refractivity contribution in [3.63, 3.8) is 0 Å². The number of cyclic esters (lactones) is 1. The van der Waals surface area contributed by atoms with Crippen molar-refractivity contribution < 1.29 is 63.6 Å². The maximum atomic E-state index is 14.1. The molecule has 3 rings (SSSR count). The topological polar surface area (TPSA) is 206 Å². The van der Waals surface area contributed by atoms with Crippen LogP contribution in [0.1, 0.15) is 94.4 Å². The molecular formula is C36H64N2O13. The first-order valence-corrected chi connectivity index (χ1v) is 18.2. The summed E-state index contributed by atoms with van der Waals surface area (Å²) >= 11 is 0. The maximum absolute atomic E-state index is 14.1. The van der Waals surface area contributed by atoms with Crippen molar-refractivity contribution in [2.45, 2.75) is 173 Å². The molecule has 0 saturated carbocycles. The number of esters is 1. The molecule has 15 nitrogen and oxygen atoms in total. The molecule has 8 unspecified atom stereocenters. The molecule has 3 fully saturated rings. The quantitative estimate of drug-likeness (QED) is 0.144. The number of oxime groups is 1. The van der Waals surface area contributed by atoms with Crippen LogP contribution in [0.15, 0.2) is 5.16 Å². The van der Waals surface area contributed by atoms with E-state index in [-0.39, 0.29) is 43.5 Å². The molecule has 0 aromatic rings. The van der Waals surface area contributed by atoms with Crippen LogP contribution in [0.2, 0.25) is 0 Å². The van der Waals surface area contributed by atoms with E-state index in [1.54, 1.807) is 34.6 Å². The Hall–Kier alpha value is -1.79. The number of carbonyl (C=O) groups is 2. The Morgan fingerprint density at radius 3 is 2.18 bits per heavy atom. The smallest absolute Gasteiger partial charge is 0.311 e. The largest absolute Gasteiger partial charge is 0.459 e. The van der Waals surface area contributed by atoms with Gasteiger partial charge in [-0.2, -0.15) is 0 Å². The van der Waals surface area contributed by atoms with Crippen LogP contribution in [0, 0.1) is 17.8 Å². The van der Waals surface area contributed by atoms with E-state index >= 15 is 0 Å². The highest BCUT2D eigenvalue weighted by Crippen LogP contribution is 2.39. The van der Waals surface area contributed by atoms with Crippen molar-refractivity contribution in [3.05, 3.63) is 0 Å². The Balaban J connectivity index is 2.18. The molecule has 0 bridgehead atoms. The number of methoxy groups -OCH3 is 1.